The van der Waals surface area contributed by atoms with Gasteiger partial charge in [0.15, 0.2) is 0 Å². The Morgan fingerprint density at radius 2 is 1.96 bits per heavy atom. The standard InChI is InChI=1S/C22H30N4O/c1-5-22(6-2,15-27-4)21-17(14-23)20(19-12-13-24-26(19)3)16-10-8-7-9-11-18(16)25-21/h12-13H,5-11,15H2,1-4H3. The lowest BCUT2D eigenvalue weighted by Crippen LogP contribution is -2.33. The monoisotopic (exact) mass is 366 g/mol. The number of aryl methyl sites for hydroxylation is 2. The molecule has 0 unspecified atom stereocenters. The van der Waals surface area contributed by atoms with Crippen molar-refractivity contribution in [3.63, 3.8) is 0 Å². The summed E-state index contributed by atoms with van der Waals surface area (Å²) in [6.45, 7) is 4.91. The Balaban J connectivity index is 2.38. The molecule has 2 heterocycles. The van der Waals surface area contributed by atoms with E-state index in [9.17, 15) is 5.26 Å². The Hall–Kier alpha value is -2.19. The van der Waals surface area contributed by atoms with Crippen LogP contribution in [0.1, 0.15) is 68.5 Å². The highest BCUT2D eigenvalue weighted by Crippen LogP contribution is 2.40. The van der Waals surface area contributed by atoms with Gasteiger partial charge in [0.1, 0.15) is 6.07 Å². The van der Waals surface area contributed by atoms with Crippen LogP contribution in [0, 0.1) is 11.3 Å². The Labute approximate surface area is 162 Å². The molecule has 2 aromatic heterocycles. The fourth-order valence-corrected chi connectivity index (χ4v) is 4.45. The van der Waals surface area contributed by atoms with Crippen LogP contribution in [0.15, 0.2) is 12.3 Å². The maximum absolute atomic E-state index is 10.2. The smallest absolute Gasteiger partial charge is 0.102 e. The number of fused-ring (bicyclic) bond motifs is 1. The molecular formula is C22H30N4O. The minimum atomic E-state index is -0.242. The molecule has 3 rings (SSSR count). The van der Waals surface area contributed by atoms with Crippen LogP contribution < -0.4 is 0 Å². The van der Waals surface area contributed by atoms with Crippen LogP contribution in [-0.2, 0) is 30.0 Å². The van der Waals surface area contributed by atoms with E-state index >= 15 is 0 Å². The minimum absolute atomic E-state index is 0.242. The average molecular weight is 367 g/mol. The van der Waals surface area contributed by atoms with Crippen molar-refractivity contribution in [3.8, 4) is 17.3 Å². The molecule has 0 aliphatic heterocycles. The van der Waals surface area contributed by atoms with Gasteiger partial charge in [0.05, 0.1) is 23.6 Å². The van der Waals surface area contributed by atoms with Crippen LogP contribution in [0.2, 0.25) is 0 Å². The zero-order chi connectivity index (χ0) is 19.4. The highest BCUT2D eigenvalue weighted by molar-refractivity contribution is 5.74. The third-order valence-corrected chi connectivity index (χ3v) is 6.19. The summed E-state index contributed by atoms with van der Waals surface area (Å²) in [5.41, 5.74) is 5.84. The average Bonchev–Trinajstić information content (AvgIpc) is 2.96. The summed E-state index contributed by atoms with van der Waals surface area (Å²) in [7, 11) is 3.68. The van der Waals surface area contributed by atoms with Crippen LogP contribution in [0.3, 0.4) is 0 Å². The number of rotatable bonds is 6. The number of aromatic nitrogens is 3. The summed E-state index contributed by atoms with van der Waals surface area (Å²) >= 11 is 0. The van der Waals surface area contributed by atoms with Gasteiger partial charge in [-0.25, -0.2) is 0 Å². The van der Waals surface area contributed by atoms with Crippen molar-refractivity contribution < 1.29 is 4.74 Å². The lowest BCUT2D eigenvalue weighted by atomic mass is 9.76. The number of nitrogens with zero attached hydrogens (tertiary/aromatic N) is 4. The van der Waals surface area contributed by atoms with Gasteiger partial charge >= 0.3 is 0 Å². The fraction of sp³-hybridized carbons (Fsp3) is 0.591. The SMILES string of the molecule is CCC(CC)(COC)c1nc2c(c(-c3ccnn3C)c1C#N)CCCCC2. The largest absolute Gasteiger partial charge is 0.384 e. The van der Waals surface area contributed by atoms with Crippen LogP contribution in [0.25, 0.3) is 11.3 Å². The quantitative estimate of drug-likeness (QED) is 0.714. The van der Waals surface area contributed by atoms with Crippen molar-refractivity contribution in [1.29, 1.82) is 5.26 Å². The number of pyridine rings is 1. The number of methoxy groups -OCH3 is 1. The Kier molecular flexibility index (Phi) is 5.96. The second-order valence-electron chi connectivity index (χ2n) is 7.57. The molecule has 0 saturated carbocycles. The van der Waals surface area contributed by atoms with E-state index in [2.05, 4.69) is 25.0 Å². The van der Waals surface area contributed by atoms with Crippen LogP contribution >= 0.6 is 0 Å². The first kappa shape index (κ1) is 19.6. The molecule has 27 heavy (non-hydrogen) atoms. The number of hydrogen-bond acceptors (Lipinski definition) is 4. The molecule has 0 bridgehead atoms. The van der Waals surface area contributed by atoms with Crippen molar-refractivity contribution >= 4 is 0 Å². The predicted octanol–water partition coefficient (Wildman–Crippen LogP) is 4.33. The first-order chi connectivity index (χ1) is 13.1. The molecule has 1 aliphatic carbocycles. The minimum Gasteiger partial charge on any atom is -0.384 e. The summed E-state index contributed by atoms with van der Waals surface area (Å²) in [5.74, 6) is 0. The van der Waals surface area contributed by atoms with Gasteiger partial charge in [-0.2, -0.15) is 10.4 Å². The number of ether oxygens (including phenoxy) is 1. The van der Waals surface area contributed by atoms with Gasteiger partial charge in [-0.1, -0.05) is 20.3 Å². The molecule has 0 spiro atoms. The molecule has 0 saturated heterocycles. The number of nitriles is 1. The zero-order valence-corrected chi connectivity index (χ0v) is 17.0. The van der Waals surface area contributed by atoms with Crippen LogP contribution in [0.4, 0.5) is 0 Å². The first-order valence-electron chi connectivity index (χ1n) is 10.1. The van der Waals surface area contributed by atoms with Gasteiger partial charge in [-0.05, 0) is 50.2 Å². The molecule has 5 nitrogen and oxygen atoms in total. The van der Waals surface area contributed by atoms with Gasteiger partial charge in [0.25, 0.3) is 0 Å². The van der Waals surface area contributed by atoms with Gasteiger partial charge in [0.2, 0.25) is 0 Å². The summed E-state index contributed by atoms with van der Waals surface area (Å²) in [4.78, 5) is 5.14. The Morgan fingerprint density at radius 1 is 1.22 bits per heavy atom. The van der Waals surface area contributed by atoms with E-state index in [1.807, 2.05) is 24.0 Å². The molecule has 0 radical (unpaired) electrons. The van der Waals surface area contributed by atoms with E-state index in [0.717, 1.165) is 55.5 Å². The molecule has 144 valence electrons. The third kappa shape index (κ3) is 3.39. The second-order valence-corrected chi connectivity index (χ2v) is 7.57. The van der Waals surface area contributed by atoms with Gasteiger partial charge in [0, 0.05) is 37.0 Å². The lowest BCUT2D eigenvalue weighted by molar-refractivity contribution is 0.120. The summed E-state index contributed by atoms with van der Waals surface area (Å²) in [6.07, 6.45) is 9.07. The number of hydrogen-bond donors (Lipinski definition) is 0. The normalized spacial score (nSPS) is 14.5. The van der Waals surface area contributed by atoms with Crippen molar-refractivity contribution in [2.24, 2.45) is 7.05 Å². The van der Waals surface area contributed by atoms with Gasteiger partial charge < -0.3 is 4.74 Å². The molecule has 2 aromatic rings. The van der Waals surface area contributed by atoms with E-state index in [1.54, 1.807) is 7.11 Å². The van der Waals surface area contributed by atoms with E-state index in [0.29, 0.717) is 12.2 Å². The van der Waals surface area contributed by atoms with E-state index < -0.39 is 0 Å². The summed E-state index contributed by atoms with van der Waals surface area (Å²) in [5, 5.41) is 14.6. The van der Waals surface area contributed by atoms with Crippen molar-refractivity contribution in [1.82, 2.24) is 14.8 Å². The van der Waals surface area contributed by atoms with Crippen molar-refractivity contribution in [3.05, 3.63) is 34.8 Å². The Morgan fingerprint density at radius 3 is 2.56 bits per heavy atom. The first-order valence-corrected chi connectivity index (χ1v) is 10.1. The highest BCUT2D eigenvalue weighted by Gasteiger charge is 2.36. The molecule has 0 aromatic carbocycles. The molecule has 0 atom stereocenters. The summed E-state index contributed by atoms with van der Waals surface area (Å²) in [6, 6.07) is 4.54. The zero-order valence-electron chi connectivity index (χ0n) is 17.0. The molecule has 5 heteroatoms. The van der Waals surface area contributed by atoms with E-state index in [1.165, 1.54) is 17.7 Å². The van der Waals surface area contributed by atoms with Crippen LogP contribution in [0.5, 0.6) is 0 Å². The van der Waals surface area contributed by atoms with Crippen LogP contribution in [-0.4, -0.2) is 28.5 Å². The topological polar surface area (TPSA) is 63.7 Å². The van der Waals surface area contributed by atoms with Gasteiger partial charge in [-0.15, -0.1) is 0 Å². The predicted molar refractivity (Wildman–Crippen MR) is 107 cm³/mol. The van der Waals surface area contributed by atoms with E-state index in [-0.39, 0.29) is 5.41 Å². The van der Waals surface area contributed by atoms with Crippen molar-refractivity contribution in [2.45, 2.75) is 64.2 Å². The van der Waals surface area contributed by atoms with Gasteiger partial charge in [-0.3, -0.25) is 9.67 Å². The maximum atomic E-state index is 10.2. The Bertz CT molecular complexity index is 843. The van der Waals surface area contributed by atoms with E-state index in [4.69, 9.17) is 9.72 Å². The fourth-order valence-electron chi connectivity index (χ4n) is 4.45. The molecule has 1 aliphatic rings. The maximum Gasteiger partial charge on any atom is 0.102 e. The lowest BCUT2D eigenvalue weighted by Gasteiger charge is -2.33. The van der Waals surface area contributed by atoms with Crippen molar-refractivity contribution in [2.75, 3.05) is 13.7 Å². The highest BCUT2D eigenvalue weighted by atomic mass is 16.5. The molecular weight excluding hydrogens is 336 g/mol. The summed E-state index contributed by atoms with van der Waals surface area (Å²) < 4.78 is 7.48. The molecule has 0 amide bonds. The molecule has 0 fully saturated rings. The second kappa shape index (κ2) is 8.22. The molecule has 0 N–H and O–H groups in total. The third-order valence-electron chi connectivity index (χ3n) is 6.19.